The minimum atomic E-state index is 0.137. The SMILES string of the molecule is CC1CN(Cc2ccc(C(=N)N)cc2)CC(C)S1. The molecule has 0 aliphatic carbocycles. The van der Waals surface area contributed by atoms with Crippen molar-refractivity contribution in [3.63, 3.8) is 0 Å². The van der Waals surface area contributed by atoms with Crippen LogP contribution in [0.4, 0.5) is 0 Å². The van der Waals surface area contributed by atoms with Crippen LogP contribution in [0, 0.1) is 5.41 Å². The molecule has 98 valence electrons. The molecule has 1 aromatic carbocycles. The minimum absolute atomic E-state index is 0.137. The van der Waals surface area contributed by atoms with Crippen molar-refractivity contribution in [3.05, 3.63) is 35.4 Å². The Bertz CT molecular complexity index is 406. The highest BCUT2D eigenvalue weighted by Crippen LogP contribution is 2.25. The van der Waals surface area contributed by atoms with Gasteiger partial charge in [-0.05, 0) is 5.56 Å². The molecule has 1 aromatic rings. The molecule has 1 saturated heterocycles. The number of hydrogen-bond donors (Lipinski definition) is 2. The summed E-state index contributed by atoms with van der Waals surface area (Å²) in [5.41, 5.74) is 7.55. The second-order valence-electron chi connectivity index (χ2n) is 5.06. The van der Waals surface area contributed by atoms with Crippen molar-refractivity contribution in [2.45, 2.75) is 30.9 Å². The standard InChI is InChI=1S/C14H21N3S/c1-10-7-17(8-11(2)18-10)9-12-3-5-13(6-4-12)14(15)16/h3-6,10-11H,7-9H2,1-2H3,(H3,15,16). The van der Waals surface area contributed by atoms with E-state index in [1.807, 2.05) is 12.1 Å². The van der Waals surface area contributed by atoms with Gasteiger partial charge in [-0.3, -0.25) is 10.3 Å². The van der Waals surface area contributed by atoms with Crippen LogP contribution in [0.3, 0.4) is 0 Å². The van der Waals surface area contributed by atoms with E-state index in [0.717, 1.165) is 25.2 Å². The van der Waals surface area contributed by atoms with Crippen molar-refractivity contribution in [1.82, 2.24) is 4.90 Å². The Labute approximate surface area is 113 Å². The van der Waals surface area contributed by atoms with Gasteiger partial charge in [0.05, 0.1) is 0 Å². The van der Waals surface area contributed by atoms with Gasteiger partial charge in [-0.1, -0.05) is 38.1 Å². The predicted molar refractivity (Wildman–Crippen MR) is 79.3 cm³/mol. The van der Waals surface area contributed by atoms with Gasteiger partial charge in [0.25, 0.3) is 0 Å². The number of benzene rings is 1. The average Bonchev–Trinajstić information content (AvgIpc) is 2.28. The van der Waals surface area contributed by atoms with E-state index in [1.165, 1.54) is 5.56 Å². The second-order valence-corrected chi connectivity index (χ2v) is 6.94. The zero-order chi connectivity index (χ0) is 13.1. The lowest BCUT2D eigenvalue weighted by Gasteiger charge is -2.34. The Hall–Kier alpha value is -1.00. The number of nitrogens with zero attached hydrogens (tertiary/aromatic N) is 1. The van der Waals surface area contributed by atoms with Crippen molar-refractivity contribution in [1.29, 1.82) is 5.41 Å². The number of rotatable bonds is 3. The van der Waals surface area contributed by atoms with Crippen molar-refractivity contribution >= 4 is 17.6 Å². The summed E-state index contributed by atoms with van der Waals surface area (Å²) >= 11 is 2.08. The monoisotopic (exact) mass is 263 g/mol. The van der Waals surface area contributed by atoms with E-state index < -0.39 is 0 Å². The molecule has 0 spiro atoms. The van der Waals surface area contributed by atoms with E-state index >= 15 is 0 Å². The third kappa shape index (κ3) is 3.50. The van der Waals surface area contributed by atoms with Crippen molar-refractivity contribution in [2.75, 3.05) is 13.1 Å². The summed E-state index contributed by atoms with van der Waals surface area (Å²) in [5, 5.41) is 8.80. The Morgan fingerprint density at radius 2 is 1.83 bits per heavy atom. The van der Waals surface area contributed by atoms with Crippen molar-refractivity contribution in [2.24, 2.45) is 5.73 Å². The second kappa shape index (κ2) is 5.76. The highest BCUT2D eigenvalue weighted by molar-refractivity contribution is 8.00. The van der Waals surface area contributed by atoms with Crippen LogP contribution >= 0.6 is 11.8 Å². The molecule has 2 unspecified atom stereocenters. The van der Waals surface area contributed by atoms with Gasteiger partial charge in [-0.15, -0.1) is 0 Å². The third-order valence-electron chi connectivity index (χ3n) is 3.17. The largest absolute Gasteiger partial charge is 0.384 e. The normalized spacial score (nSPS) is 25.0. The fraction of sp³-hybridized carbons (Fsp3) is 0.500. The molecule has 1 aliphatic rings. The van der Waals surface area contributed by atoms with Crippen LogP contribution in [0.2, 0.25) is 0 Å². The van der Waals surface area contributed by atoms with Crippen LogP contribution in [-0.4, -0.2) is 34.3 Å². The van der Waals surface area contributed by atoms with E-state index in [9.17, 15) is 0 Å². The quantitative estimate of drug-likeness (QED) is 0.650. The predicted octanol–water partition coefficient (Wildman–Crippen LogP) is 2.30. The summed E-state index contributed by atoms with van der Waals surface area (Å²) < 4.78 is 0. The number of amidine groups is 1. The van der Waals surface area contributed by atoms with Crippen LogP contribution in [0.15, 0.2) is 24.3 Å². The number of nitrogens with two attached hydrogens (primary N) is 1. The molecule has 2 rings (SSSR count). The molecule has 1 fully saturated rings. The van der Waals surface area contributed by atoms with Gasteiger partial charge in [0, 0.05) is 35.7 Å². The van der Waals surface area contributed by atoms with Crippen LogP contribution in [0.5, 0.6) is 0 Å². The number of thioether (sulfide) groups is 1. The molecule has 0 bridgehead atoms. The first-order valence-electron chi connectivity index (χ1n) is 6.35. The van der Waals surface area contributed by atoms with E-state index in [4.69, 9.17) is 11.1 Å². The van der Waals surface area contributed by atoms with E-state index in [0.29, 0.717) is 10.5 Å². The maximum absolute atomic E-state index is 7.38. The Balaban J connectivity index is 1.98. The first-order valence-corrected chi connectivity index (χ1v) is 7.30. The summed E-state index contributed by atoms with van der Waals surface area (Å²) in [6.07, 6.45) is 0. The molecule has 3 nitrogen and oxygen atoms in total. The Morgan fingerprint density at radius 3 is 2.33 bits per heavy atom. The van der Waals surface area contributed by atoms with E-state index in [1.54, 1.807) is 0 Å². The maximum atomic E-state index is 7.38. The van der Waals surface area contributed by atoms with Gasteiger partial charge in [-0.2, -0.15) is 11.8 Å². The molecule has 18 heavy (non-hydrogen) atoms. The van der Waals surface area contributed by atoms with Crippen LogP contribution in [0.25, 0.3) is 0 Å². The van der Waals surface area contributed by atoms with Gasteiger partial charge < -0.3 is 5.73 Å². The molecular weight excluding hydrogens is 242 g/mol. The summed E-state index contributed by atoms with van der Waals surface area (Å²) in [5.74, 6) is 0.137. The fourth-order valence-corrected chi connectivity index (χ4v) is 3.85. The highest BCUT2D eigenvalue weighted by Gasteiger charge is 2.21. The fourth-order valence-electron chi connectivity index (χ4n) is 2.46. The smallest absolute Gasteiger partial charge is 0.122 e. The molecule has 0 radical (unpaired) electrons. The lowest BCUT2D eigenvalue weighted by Crippen LogP contribution is -2.39. The zero-order valence-corrected chi connectivity index (χ0v) is 11.8. The number of hydrogen-bond acceptors (Lipinski definition) is 3. The lowest BCUT2D eigenvalue weighted by atomic mass is 10.1. The summed E-state index contributed by atoms with van der Waals surface area (Å²) in [4.78, 5) is 2.51. The van der Waals surface area contributed by atoms with Crippen LogP contribution in [-0.2, 0) is 6.54 Å². The summed E-state index contributed by atoms with van der Waals surface area (Å²) in [6, 6.07) is 8.02. The Morgan fingerprint density at radius 1 is 1.28 bits per heavy atom. The zero-order valence-electron chi connectivity index (χ0n) is 11.0. The maximum Gasteiger partial charge on any atom is 0.122 e. The lowest BCUT2D eigenvalue weighted by molar-refractivity contribution is 0.263. The van der Waals surface area contributed by atoms with Gasteiger partial charge in [0.2, 0.25) is 0 Å². The first kappa shape index (κ1) is 13.4. The van der Waals surface area contributed by atoms with Crippen LogP contribution in [0.1, 0.15) is 25.0 Å². The molecule has 0 aromatic heterocycles. The molecule has 0 saturated carbocycles. The van der Waals surface area contributed by atoms with Crippen LogP contribution < -0.4 is 5.73 Å². The molecule has 1 aliphatic heterocycles. The number of nitrogen functional groups attached to an aromatic ring is 1. The molecule has 3 N–H and O–H groups in total. The summed E-state index contributed by atoms with van der Waals surface area (Å²) in [6.45, 7) is 7.90. The molecule has 0 amide bonds. The summed E-state index contributed by atoms with van der Waals surface area (Å²) in [7, 11) is 0. The molecule has 2 atom stereocenters. The third-order valence-corrected chi connectivity index (χ3v) is 4.39. The van der Waals surface area contributed by atoms with Gasteiger partial charge >= 0.3 is 0 Å². The molecule has 1 heterocycles. The highest BCUT2D eigenvalue weighted by atomic mass is 32.2. The van der Waals surface area contributed by atoms with Gasteiger partial charge in [0.15, 0.2) is 0 Å². The average molecular weight is 263 g/mol. The molecule has 4 heteroatoms. The first-order chi connectivity index (χ1) is 8.54. The molecular formula is C14H21N3S. The minimum Gasteiger partial charge on any atom is -0.384 e. The van der Waals surface area contributed by atoms with E-state index in [2.05, 4.69) is 42.6 Å². The topological polar surface area (TPSA) is 53.1 Å². The van der Waals surface area contributed by atoms with Gasteiger partial charge in [0.1, 0.15) is 5.84 Å². The van der Waals surface area contributed by atoms with Crippen molar-refractivity contribution < 1.29 is 0 Å². The number of nitrogens with one attached hydrogen (secondary N) is 1. The van der Waals surface area contributed by atoms with Crippen molar-refractivity contribution in [3.8, 4) is 0 Å². The van der Waals surface area contributed by atoms with E-state index in [-0.39, 0.29) is 5.84 Å². The Kier molecular flexibility index (Phi) is 4.30. The van der Waals surface area contributed by atoms with Gasteiger partial charge in [-0.25, -0.2) is 0 Å².